The maximum absolute atomic E-state index is 5.65. The Hall–Kier alpha value is -4.58. The van der Waals surface area contributed by atoms with Crippen molar-refractivity contribution in [1.82, 2.24) is 0 Å². The van der Waals surface area contributed by atoms with E-state index in [0.29, 0.717) is 5.75 Å². The molecule has 0 saturated carbocycles. The predicted molar refractivity (Wildman–Crippen MR) is 123 cm³/mol. The molecule has 0 unspecified atom stereocenters. The van der Waals surface area contributed by atoms with Gasteiger partial charge in [0, 0.05) is 27.8 Å². The largest absolute Gasteiger partial charge is 0.454 e. The van der Waals surface area contributed by atoms with Crippen molar-refractivity contribution in [2.24, 2.45) is 0 Å². The second-order valence-electron chi connectivity index (χ2n) is 7.07. The van der Waals surface area contributed by atoms with Crippen molar-refractivity contribution in [2.75, 3.05) is 6.79 Å². The summed E-state index contributed by atoms with van der Waals surface area (Å²) in [4.78, 5) is 0. The zero-order valence-corrected chi connectivity index (χ0v) is 16.6. The molecule has 1 heterocycles. The van der Waals surface area contributed by atoms with Crippen molar-refractivity contribution in [2.45, 2.75) is 0 Å². The normalized spacial score (nSPS) is 11.1. The van der Waals surface area contributed by atoms with Gasteiger partial charge in [0.25, 0.3) is 0 Å². The highest BCUT2D eigenvalue weighted by Gasteiger charge is 2.12. The molecule has 0 saturated heterocycles. The fourth-order valence-electron chi connectivity index (χ4n) is 3.39. The molecule has 0 aromatic heterocycles. The first-order valence-corrected chi connectivity index (χ1v) is 9.81. The first kappa shape index (κ1) is 18.4. The van der Waals surface area contributed by atoms with E-state index < -0.39 is 0 Å². The standard InChI is InChI=1S/C29H16O2/c1-2-21-15-24(9-7-22-11-13-26-5-3-4-6-27(26)18-22)17-25(16-21)10-8-23-12-14-28-29(19-23)31-20-30-28/h1,3-6,11-19H,20H2. The number of hydrogen-bond donors (Lipinski definition) is 0. The number of benzene rings is 4. The lowest BCUT2D eigenvalue weighted by Gasteiger charge is -1.99. The van der Waals surface area contributed by atoms with Crippen LogP contribution in [0, 0.1) is 36.0 Å². The van der Waals surface area contributed by atoms with Crippen LogP contribution in [-0.2, 0) is 0 Å². The molecule has 31 heavy (non-hydrogen) atoms. The van der Waals surface area contributed by atoms with Crippen molar-refractivity contribution in [3.63, 3.8) is 0 Å². The molecule has 0 atom stereocenters. The van der Waals surface area contributed by atoms with Gasteiger partial charge in [0.15, 0.2) is 11.5 Å². The van der Waals surface area contributed by atoms with Gasteiger partial charge < -0.3 is 9.47 Å². The average Bonchev–Trinajstić information content (AvgIpc) is 3.29. The smallest absolute Gasteiger partial charge is 0.231 e. The Bertz CT molecular complexity index is 1480. The molecule has 0 amide bonds. The monoisotopic (exact) mass is 396 g/mol. The third-order valence-corrected chi connectivity index (χ3v) is 4.92. The molecule has 0 fully saturated rings. The zero-order valence-electron chi connectivity index (χ0n) is 16.6. The van der Waals surface area contributed by atoms with Crippen LogP contribution >= 0.6 is 0 Å². The van der Waals surface area contributed by atoms with E-state index in [1.54, 1.807) is 0 Å². The molecule has 2 heteroatoms. The summed E-state index contributed by atoms with van der Waals surface area (Å²) in [5, 5.41) is 2.37. The summed E-state index contributed by atoms with van der Waals surface area (Å²) in [5.74, 6) is 16.9. The van der Waals surface area contributed by atoms with E-state index in [4.69, 9.17) is 15.9 Å². The number of hydrogen-bond acceptors (Lipinski definition) is 2. The Morgan fingerprint density at radius 3 is 1.94 bits per heavy atom. The Morgan fingerprint density at radius 2 is 1.16 bits per heavy atom. The second-order valence-corrected chi connectivity index (χ2v) is 7.07. The molecule has 4 aromatic rings. The third-order valence-electron chi connectivity index (χ3n) is 4.92. The average molecular weight is 396 g/mol. The molecule has 0 radical (unpaired) electrons. The summed E-state index contributed by atoms with van der Waals surface area (Å²) >= 11 is 0. The minimum absolute atomic E-state index is 0.246. The Morgan fingerprint density at radius 1 is 0.548 bits per heavy atom. The minimum Gasteiger partial charge on any atom is -0.454 e. The van der Waals surface area contributed by atoms with Crippen LogP contribution in [-0.4, -0.2) is 6.79 Å². The highest BCUT2D eigenvalue weighted by atomic mass is 16.7. The van der Waals surface area contributed by atoms with Gasteiger partial charge in [-0.15, -0.1) is 6.42 Å². The SMILES string of the molecule is C#Cc1cc(C#Cc2ccc3c(c2)OCO3)cc(C#Cc2ccc3ccccc3c2)c1. The molecule has 4 aromatic carbocycles. The summed E-state index contributed by atoms with van der Waals surface area (Å²) in [6.45, 7) is 0.246. The van der Waals surface area contributed by atoms with Crippen molar-refractivity contribution in [3.05, 3.63) is 107 Å². The van der Waals surface area contributed by atoms with Gasteiger partial charge in [-0.05, 0) is 59.3 Å². The molecule has 144 valence electrons. The van der Waals surface area contributed by atoms with Crippen LogP contribution in [0.15, 0.2) is 78.9 Å². The molecular formula is C29H16O2. The van der Waals surface area contributed by atoms with Crippen molar-refractivity contribution >= 4 is 10.8 Å². The zero-order chi connectivity index (χ0) is 21.0. The fourth-order valence-corrected chi connectivity index (χ4v) is 3.39. The van der Waals surface area contributed by atoms with Crippen LogP contribution in [0.3, 0.4) is 0 Å². The van der Waals surface area contributed by atoms with Crippen LogP contribution < -0.4 is 9.47 Å². The lowest BCUT2D eigenvalue weighted by molar-refractivity contribution is 0.174. The Kier molecular flexibility index (Phi) is 4.79. The van der Waals surface area contributed by atoms with E-state index in [0.717, 1.165) is 33.6 Å². The molecule has 1 aliphatic rings. The van der Waals surface area contributed by atoms with Crippen LogP contribution in [0.2, 0.25) is 0 Å². The second kappa shape index (κ2) is 8.04. The molecule has 0 aliphatic carbocycles. The van der Waals surface area contributed by atoms with E-state index in [1.807, 2.05) is 54.6 Å². The van der Waals surface area contributed by atoms with Crippen LogP contribution in [0.1, 0.15) is 27.8 Å². The highest BCUT2D eigenvalue weighted by Crippen LogP contribution is 2.32. The summed E-state index contributed by atoms with van der Waals surface area (Å²) < 4.78 is 10.8. The van der Waals surface area contributed by atoms with Crippen LogP contribution in [0.4, 0.5) is 0 Å². The number of rotatable bonds is 0. The molecule has 1 aliphatic heterocycles. The van der Waals surface area contributed by atoms with Gasteiger partial charge >= 0.3 is 0 Å². The number of fused-ring (bicyclic) bond motifs is 2. The summed E-state index contributed by atoms with van der Waals surface area (Å²) in [5.41, 5.74) is 4.20. The first-order valence-electron chi connectivity index (χ1n) is 9.81. The summed E-state index contributed by atoms with van der Waals surface area (Å²) in [6.07, 6.45) is 5.65. The first-order chi connectivity index (χ1) is 15.3. The Labute approximate surface area is 181 Å². The van der Waals surface area contributed by atoms with Crippen molar-refractivity contribution in [3.8, 4) is 47.5 Å². The molecular weight excluding hydrogens is 380 g/mol. The van der Waals surface area contributed by atoms with Gasteiger partial charge in [0.2, 0.25) is 6.79 Å². The summed E-state index contributed by atoms with van der Waals surface area (Å²) in [6, 6.07) is 25.8. The molecule has 0 N–H and O–H groups in total. The van der Waals surface area contributed by atoms with E-state index in [2.05, 4.69) is 53.9 Å². The van der Waals surface area contributed by atoms with E-state index in [-0.39, 0.29) is 6.79 Å². The van der Waals surface area contributed by atoms with Gasteiger partial charge in [-0.1, -0.05) is 59.9 Å². The minimum atomic E-state index is 0.246. The Balaban J connectivity index is 1.45. The molecule has 0 spiro atoms. The van der Waals surface area contributed by atoms with Gasteiger partial charge in [0.05, 0.1) is 0 Å². The number of ether oxygens (including phenoxy) is 2. The van der Waals surface area contributed by atoms with Crippen LogP contribution in [0.5, 0.6) is 11.5 Å². The lowest BCUT2D eigenvalue weighted by Crippen LogP contribution is -1.92. The maximum Gasteiger partial charge on any atom is 0.231 e. The predicted octanol–water partition coefficient (Wildman–Crippen LogP) is 5.35. The van der Waals surface area contributed by atoms with Gasteiger partial charge in [-0.25, -0.2) is 0 Å². The van der Waals surface area contributed by atoms with Crippen molar-refractivity contribution < 1.29 is 9.47 Å². The lowest BCUT2D eigenvalue weighted by atomic mass is 10.0. The van der Waals surface area contributed by atoms with Gasteiger partial charge in [-0.2, -0.15) is 0 Å². The number of terminal acetylenes is 1. The molecule has 5 rings (SSSR count). The van der Waals surface area contributed by atoms with Gasteiger partial charge in [0.1, 0.15) is 0 Å². The quantitative estimate of drug-likeness (QED) is 0.373. The van der Waals surface area contributed by atoms with Crippen LogP contribution in [0.25, 0.3) is 10.8 Å². The van der Waals surface area contributed by atoms with Crippen molar-refractivity contribution in [1.29, 1.82) is 0 Å². The molecule has 0 bridgehead atoms. The van der Waals surface area contributed by atoms with E-state index in [1.165, 1.54) is 10.8 Å². The maximum atomic E-state index is 5.65. The summed E-state index contributed by atoms with van der Waals surface area (Å²) in [7, 11) is 0. The highest BCUT2D eigenvalue weighted by molar-refractivity contribution is 5.83. The third kappa shape index (κ3) is 4.09. The molecule has 2 nitrogen and oxygen atoms in total. The topological polar surface area (TPSA) is 18.5 Å². The van der Waals surface area contributed by atoms with E-state index >= 15 is 0 Å². The van der Waals surface area contributed by atoms with Gasteiger partial charge in [-0.3, -0.25) is 0 Å². The van der Waals surface area contributed by atoms with E-state index in [9.17, 15) is 0 Å². The fraction of sp³-hybridized carbons (Fsp3) is 0.0345.